The summed E-state index contributed by atoms with van der Waals surface area (Å²) < 4.78 is 24.9. The molecule has 2 saturated heterocycles. The van der Waals surface area contributed by atoms with Crippen molar-refractivity contribution in [2.75, 3.05) is 32.2 Å². The molecule has 0 aliphatic carbocycles. The molecule has 0 N–H and O–H groups in total. The highest BCUT2D eigenvalue weighted by atomic mass is 19.1. The molecule has 0 aromatic heterocycles. The Morgan fingerprint density at radius 1 is 1.10 bits per heavy atom. The summed E-state index contributed by atoms with van der Waals surface area (Å²) in [4.78, 5) is 29.1. The number of hydrogen-bond acceptors (Lipinski definition) is 4. The number of ether oxygens (including phenoxy) is 2. The van der Waals surface area contributed by atoms with Gasteiger partial charge in [-0.05, 0) is 42.7 Å². The molecule has 2 fully saturated rings. The Morgan fingerprint density at radius 2 is 1.87 bits per heavy atom. The zero-order chi connectivity index (χ0) is 21.3. The highest BCUT2D eigenvalue weighted by molar-refractivity contribution is 6.00. The average Bonchev–Trinajstić information content (AvgIpc) is 3.40. The molecule has 0 bridgehead atoms. The predicted molar refractivity (Wildman–Crippen MR) is 110 cm³/mol. The lowest BCUT2D eigenvalue weighted by molar-refractivity contribution is -0.136. The number of carbonyl (C=O) groups excluding carboxylic acids is 2. The lowest BCUT2D eigenvalue weighted by Crippen LogP contribution is -2.37. The van der Waals surface area contributed by atoms with Gasteiger partial charge in [-0.1, -0.05) is 18.2 Å². The number of nitrogens with zero attached hydrogens (tertiary/aromatic N) is 2. The molecule has 4 rings (SSSR count). The van der Waals surface area contributed by atoms with E-state index in [1.54, 1.807) is 32.4 Å². The second-order valence-corrected chi connectivity index (χ2v) is 7.66. The van der Waals surface area contributed by atoms with Gasteiger partial charge in [0.15, 0.2) is 11.5 Å². The maximum Gasteiger partial charge on any atom is 0.228 e. The van der Waals surface area contributed by atoms with Crippen molar-refractivity contribution in [2.24, 2.45) is 5.92 Å². The predicted octanol–water partition coefficient (Wildman–Crippen LogP) is 3.56. The van der Waals surface area contributed by atoms with Gasteiger partial charge in [-0.3, -0.25) is 9.59 Å². The monoisotopic (exact) mass is 412 g/mol. The summed E-state index contributed by atoms with van der Waals surface area (Å²) in [5, 5.41) is 0. The minimum absolute atomic E-state index is 0.0560. The fourth-order valence-electron chi connectivity index (χ4n) is 4.45. The van der Waals surface area contributed by atoms with Gasteiger partial charge < -0.3 is 19.3 Å². The summed E-state index contributed by atoms with van der Waals surface area (Å²) in [7, 11) is 3.17. The second kappa shape index (κ2) is 8.34. The van der Waals surface area contributed by atoms with Gasteiger partial charge in [0.05, 0.1) is 31.9 Å². The molecule has 2 amide bonds. The molecular formula is C23H25FN2O4. The molecule has 0 unspecified atom stereocenters. The summed E-state index contributed by atoms with van der Waals surface area (Å²) in [6, 6.07) is 11.8. The van der Waals surface area contributed by atoms with Gasteiger partial charge in [-0.2, -0.15) is 0 Å². The lowest BCUT2D eigenvalue weighted by atomic mass is 10.0. The van der Waals surface area contributed by atoms with E-state index in [2.05, 4.69) is 0 Å². The van der Waals surface area contributed by atoms with E-state index in [0.29, 0.717) is 18.0 Å². The summed E-state index contributed by atoms with van der Waals surface area (Å²) in [6.45, 7) is 0.843. The van der Waals surface area contributed by atoms with Crippen LogP contribution in [0, 0.1) is 11.7 Å². The first-order valence-corrected chi connectivity index (χ1v) is 10.1. The third-order valence-electron chi connectivity index (χ3n) is 5.95. The van der Waals surface area contributed by atoms with Crippen molar-refractivity contribution in [3.8, 4) is 11.5 Å². The number of amides is 2. The summed E-state index contributed by atoms with van der Waals surface area (Å²) in [6.07, 6.45) is 1.84. The van der Waals surface area contributed by atoms with Gasteiger partial charge in [0.2, 0.25) is 11.8 Å². The van der Waals surface area contributed by atoms with Crippen LogP contribution in [0.4, 0.5) is 10.1 Å². The van der Waals surface area contributed by atoms with Gasteiger partial charge in [-0.15, -0.1) is 0 Å². The van der Waals surface area contributed by atoms with Crippen LogP contribution < -0.4 is 14.4 Å². The normalized spacial score (nSPS) is 21.2. The maximum atomic E-state index is 14.1. The molecule has 2 aromatic carbocycles. The van der Waals surface area contributed by atoms with E-state index in [-0.39, 0.29) is 36.5 Å². The summed E-state index contributed by atoms with van der Waals surface area (Å²) >= 11 is 0. The Hall–Kier alpha value is -3.09. The van der Waals surface area contributed by atoms with Crippen molar-refractivity contribution in [2.45, 2.75) is 25.3 Å². The number of likely N-dealkylation sites (tertiary alicyclic amines) is 1. The first kappa shape index (κ1) is 20.2. The Balaban J connectivity index is 1.53. The molecule has 30 heavy (non-hydrogen) atoms. The van der Waals surface area contributed by atoms with Crippen molar-refractivity contribution in [1.82, 2.24) is 4.90 Å². The number of benzene rings is 2. The van der Waals surface area contributed by atoms with Crippen LogP contribution >= 0.6 is 0 Å². The van der Waals surface area contributed by atoms with Crippen LogP contribution in [-0.2, 0) is 9.59 Å². The van der Waals surface area contributed by atoms with Crippen LogP contribution in [0.25, 0.3) is 0 Å². The minimum Gasteiger partial charge on any atom is -0.493 e. The Labute approximate surface area is 175 Å². The third kappa shape index (κ3) is 3.60. The van der Waals surface area contributed by atoms with Crippen molar-refractivity contribution in [3.05, 3.63) is 53.8 Å². The van der Waals surface area contributed by atoms with Crippen LogP contribution in [-0.4, -0.2) is 44.0 Å². The lowest BCUT2D eigenvalue weighted by Gasteiger charge is -2.28. The Morgan fingerprint density at radius 3 is 2.60 bits per heavy atom. The van der Waals surface area contributed by atoms with Gasteiger partial charge in [0.25, 0.3) is 0 Å². The Bertz CT molecular complexity index is 964. The van der Waals surface area contributed by atoms with Crippen LogP contribution in [0.1, 0.15) is 30.9 Å². The Kier molecular flexibility index (Phi) is 5.61. The van der Waals surface area contributed by atoms with E-state index < -0.39 is 11.7 Å². The fraction of sp³-hybridized carbons (Fsp3) is 0.391. The third-order valence-corrected chi connectivity index (χ3v) is 5.95. The molecule has 0 radical (unpaired) electrons. The SMILES string of the molecule is COc1ccc([C@H]2CCCN2C(=O)[C@H]2CC(=O)N(c3ccccc3F)C2)cc1OC. The van der Waals surface area contributed by atoms with Crippen LogP contribution in [0.5, 0.6) is 11.5 Å². The van der Waals surface area contributed by atoms with Crippen molar-refractivity contribution >= 4 is 17.5 Å². The quantitative estimate of drug-likeness (QED) is 0.754. The fourth-order valence-corrected chi connectivity index (χ4v) is 4.45. The van der Waals surface area contributed by atoms with Crippen LogP contribution in [0.2, 0.25) is 0 Å². The number of methoxy groups -OCH3 is 2. The standard InChI is InChI=1S/C23H25FN2O4/c1-29-20-10-9-15(12-21(20)30-2)18-8-5-11-25(18)23(28)16-13-22(27)26(14-16)19-7-4-3-6-17(19)24/h3-4,6-7,9-10,12,16,18H,5,8,11,13-14H2,1-2H3/t16-,18+/m0/s1. The molecule has 158 valence electrons. The second-order valence-electron chi connectivity index (χ2n) is 7.66. The van der Waals surface area contributed by atoms with E-state index in [1.165, 1.54) is 11.0 Å². The number of halogens is 1. The topological polar surface area (TPSA) is 59.1 Å². The van der Waals surface area contributed by atoms with Crippen LogP contribution in [0.3, 0.4) is 0 Å². The first-order chi connectivity index (χ1) is 14.5. The minimum atomic E-state index is -0.474. The molecule has 7 heteroatoms. The molecule has 2 aliphatic heterocycles. The van der Waals surface area contributed by atoms with Crippen molar-refractivity contribution in [3.63, 3.8) is 0 Å². The zero-order valence-corrected chi connectivity index (χ0v) is 17.1. The maximum absolute atomic E-state index is 14.1. The molecule has 0 saturated carbocycles. The number of anilines is 1. The highest BCUT2D eigenvalue weighted by Crippen LogP contribution is 2.38. The molecule has 2 heterocycles. The molecular weight excluding hydrogens is 387 g/mol. The number of hydrogen-bond donors (Lipinski definition) is 0. The molecule has 2 atom stereocenters. The van der Waals surface area contributed by atoms with Gasteiger partial charge in [0.1, 0.15) is 5.82 Å². The summed E-state index contributed by atoms with van der Waals surface area (Å²) in [5.74, 6) is 0.0519. The molecule has 0 spiro atoms. The highest BCUT2D eigenvalue weighted by Gasteiger charge is 2.41. The van der Waals surface area contributed by atoms with Crippen LogP contribution in [0.15, 0.2) is 42.5 Å². The first-order valence-electron chi connectivity index (χ1n) is 10.1. The molecule has 2 aliphatic rings. The smallest absolute Gasteiger partial charge is 0.228 e. The molecule has 2 aromatic rings. The van der Waals surface area contributed by atoms with E-state index >= 15 is 0 Å². The number of rotatable bonds is 5. The average molecular weight is 412 g/mol. The van der Waals surface area contributed by atoms with Crippen molar-refractivity contribution in [1.29, 1.82) is 0 Å². The zero-order valence-electron chi connectivity index (χ0n) is 17.1. The van der Waals surface area contributed by atoms with Gasteiger partial charge in [0, 0.05) is 19.5 Å². The molecule has 6 nitrogen and oxygen atoms in total. The van der Waals surface area contributed by atoms with E-state index in [1.807, 2.05) is 23.1 Å². The van der Waals surface area contributed by atoms with Gasteiger partial charge in [-0.25, -0.2) is 4.39 Å². The summed E-state index contributed by atoms with van der Waals surface area (Å²) in [5.41, 5.74) is 1.21. The largest absolute Gasteiger partial charge is 0.493 e. The van der Waals surface area contributed by atoms with E-state index in [4.69, 9.17) is 9.47 Å². The van der Waals surface area contributed by atoms with E-state index in [9.17, 15) is 14.0 Å². The number of carbonyl (C=O) groups is 2. The number of para-hydroxylation sites is 1. The van der Waals surface area contributed by atoms with Crippen molar-refractivity contribution < 1.29 is 23.5 Å². The van der Waals surface area contributed by atoms with E-state index in [0.717, 1.165) is 18.4 Å². The van der Waals surface area contributed by atoms with Gasteiger partial charge >= 0.3 is 0 Å².